The molecule has 0 unspecified atom stereocenters. The Labute approximate surface area is 69.7 Å². The molecule has 1 aromatic heterocycles. The van der Waals surface area contributed by atoms with E-state index < -0.39 is 0 Å². The van der Waals surface area contributed by atoms with Crippen LogP contribution in [-0.4, -0.2) is 16.7 Å². The molecule has 0 radical (unpaired) electrons. The fraction of sp³-hybridized carbons (Fsp3) is 0.111. The van der Waals surface area contributed by atoms with Gasteiger partial charge in [0, 0.05) is 6.20 Å². The number of carbonyl (C=O) groups excluding carboxylic acids is 2. The van der Waals surface area contributed by atoms with Gasteiger partial charge in [-0.15, -0.1) is 0 Å². The predicted octanol–water partition coefficient (Wildman–Crippen LogP) is 1.04. The lowest BCUT2D eigenvalue weighted by atomic mass is 10.1. The van der Waals surface area contributed by atoms with Gasteiger partial charge in [-0.3, -0.25) is 9.78 Å². The molecule has 0 atom stereocenters. The van der Waals surface area contributed by atoms with E-state index in [2.05, 4.69) is 4.98 Å². The van der Waals surface area contributed by atoms with Crippen molar-refractivity contribution in [3.63, 3.8) is 0 Å². The molecule has 0 N–H and O–H groups in total. The minimum atomic E-state index is -0.370. The Morgan fingerprint density at radius 2 is 2.25 bits per heavy atom. The van der Waals surface area contributed by atoms with Crippen molar-refractivity contribution in [2.75, 3.05) is 0 Å². The molecule has 0 aliphatic rings. The molecule has 60 valence electrons. The molecular formula is C9H7NO2. The van der Waals surface area contributed by atoms with Gasteiger partial charge in [-0.1, -0.05) is 6.07 Å². The summed E-state index contributed by atoms with van der Waals surface area (Å²) >= 11 is 0. The van der Waals surface area contributed by atoms with E-state index >= 15 is 0 Å². The zero-order valence-corrected chi connectivity index (χ0v) is 6.57. The van der Waals surface area contributed by atoms with Crippen LogP contribution in [-0.2, 0) is 4.79 Å². The van der Waals surface area contributed by atoms with Crippen LogP contribution in [0.2, 0.25) is 0 Å². The highest BCUT2D eigenvalue weighted by atomic mass is 16.1. The van der Waals surface area contributed by atoms with Crippen molar-refractivity contribution >= 4 is 11.7 Å². The molecule has 0 aromatic carbocycles. The van der Waals surface area contributed by atoms with Crippen LogP contribution in [0, 0.1) is 0 Å². The number of hydrogen-bond donors (Lipinski definition) is 0. The Bertz CT molecular complexity index is 337. The number of pyridine rings is 1. The third kappa shape index (κ3) is 1.65. The van der Waals surface area contributed by atoms with Crippen LogP contribution in [0.3, 0.4) is 0 Å². The lowest BCUT2D eigenvalue weighted by molar-refractivity contribution is 0.103. The molecule has 0 aliphatic heterocycles. The average Bonchev–Trinajstić information content (AvgIpc) is 2.17. The highest BCUT2D eigenvalue weighted by molar-refractivity contribution is 6.11. The van der Waals surface area contributed by atoms with Crippen molar-refractivity contribution in [2.24, 2.45) is 0 Å². The zero-order chi connectivity index (χ0) is 8.97. The van der Waals surface area contributed by atoms with Crippen LogP contribution in [0.1, 0.15) is 17.4 Å². The Morgan fingerprint density at radius 1 is 1.50 bits per heavy atom. The van der Waals surface area contributed by atoms with E-state index in [9.17, 15) is 9.59 Å². The number of Topliss-reactive ketones (excluding diaryl/α,β-unsaturated/α-hetero) is 1. The molecule has 0 spiro atoms. The van der Waals surface area contributed by atoms with E-state index in [0.29, 0.717) is 0 Å². The summed E-state index contributed by atoms with van der Waals surface area (Å²) in [5.74, 6) is 1.17. The van der Waals surface area contributed by atoms with Crippen molar-refractivity contribution < 1.29 is 9.59 Å². The number of carbonyl (C=O) groups is 1. The normalized spacial score (nSPS) is 8.75. The smallest absolute Gasteiger partial charge is 0.217 e. The van der Waals surface area contributed by atoms with E-state index in [-0.39, 0.29) is 17.1 Å². The number of nitrogens with zero attached hydrogens (tertiary/aromatic N) is 1. The SMILES string of the molecule is CC(=C=O)C(=O)c1ccccn1. The lowest BCUT2D eigenvalue weighted by Gasteiger charge is -1.94. The standard InChI is InChI=1S/C9H7NO2/c1-7(6-11)9(12)8-4-2-3-5-10-8/h2-5H,1H3. The summed E-state index contributed by atoms with van der Waals surface area (Å²) in [4.78, 5) is 25.1. The van der Waals surface area contributed by atoms with Gasteiger partial charge in [0.25, 0.3) is 0 Å². The molecular weight excluding hydrogens is 154 g/mol. The lowest BCUT2D eigenvalue weighted by Crippen LogP contribution is -2.02. The van der Waals surface area contributed by atoms with Crippen molar-refractivity contribution in [2.45, 2.75) is 6.92 Å². The maximum atomic E-state index is 11.2. The monoisotopic (exact) mass is 161 g/mol. The molecule has 1 aromatic rings. The van der Waals surface area contributed by atoms with E-state index in [1.807, 2.05) is 0 Å². The summed E-state index contributed by atoms with van der Waals surface area (Å²) < 4.78 is 0. The van der Waals surface area contributed by atoms with Gasteiger partial charge in [-0.25, -0.2) is 4.79 Å². The van der Waals surface area contributed by atoms with Crippen molar-refractivity contribution in [3.8, 4) is 0 Å². The Kier molecular flexibility index (Phi) is 2.51. The minimum Gasteiger partial charge on any atom is -0.286 e. The second kappa shape index (κ2) is 3.60. The van der Waals surface area contributed by atoms with Gasteiger partial charge in [-0.2, -0.15) is 0 Å². The number of ketones is 1. The van der Waals surface area contributed by atoms with Crippen molar-refractivity contribution in [1.82, 2.24) is 4.98 Å². The molecule has 0 amide bonds. The topological polar surface area (TPSA) is 47.0 Å². The first-order valence-corrected chi connectivity index (χ1v) is 3.43. The summed E-state index contributed by atoms with van der Waals surface area (Å²) in [5.41, 5.74) is 0.326. The summed E-state index contributed by atoms with van der Waals surface area (Å²) in [7, 11) is 0. The molecule has 1 rings (SSSR count). The van der Waals surface area contributed by atoms with Crippen molar-refractivity contribution in [1.29, 1.82) is 0 Å². The van der Waals surface area contributed by atoms with Gasteiger partial charge in [0.2, 0.25) is 5.78 Å². The maximum Gasteiger partial charge on any atom is 0.217 e. The molecule has 12 heavy (non-hydrogen) atoms. The van der Waals surface area contributed by atoms with E-state index in [0.717, 1.165) is 0 Å². The second-order valence-corrected chi connectivity index (χ2v) is 2.27. The van der Waals surface area contributed by atoms with Crippen LogP contribution in [0.25, 0.3) is 0 Å². The second-order valence-electron chi connectivity index (χ2n) is 2.27. The first-order valence-electron chi connectivity index (χ1n) is 3.43. The van der Waals surface area contributed by atoms with Crippen LogP contribution in [0.4, 0.5) is 0 Å². The fourth-order valence-corrected chi connectivity index (χ4v) is 0.736. The molecule has 0 aliphatic carbocycles. The Morgan fingerprint density at radius 3 is 2.75 bits per heavy atom. The van der Waals surface area contributed by atoms with Gasteiger partial charge in [0.1, 0.15) is 11.6 Å². The summed E-state index contributed by atoms with van der Waals surface area (Å²) in [6.45, 7) is 1.42. The minimum absolute atomic E-state index is 0.0497. The Hall–Kier alpha value is -1.73. The number of allylic oxidation sites excluding steroid dienone is 1. The molecule has 0 fully saturated rings. The van der Waals surface area contributed by atoms with Crippen LogP contribution in [0.15, 0.2) is 30.0 Å². The quantitative estimate of drug-likeness (QED) is 0.370. The van der Waals surface area contributed by atoms with Crippen molar-refractivity contribution in [3.05, 3.63) is 35.7 Å². The fourth-order valence-electron chi connectivity index (χ4n) is 0.736. The van der Waals surface area contributed by atoms with Gasteiger partial charge >= 0.3 is 0 Å². The van der Waals surface area contributed by atoms with Gasteiger partial charge < -0.3 is 0 Å². The highest BCUT2D eigenvalue weighted by Gasteiger charge is 2.08. The van der Waals surface area contributed by atoms with Crippen LogP contribution >= 0.6 is 0 Å². The number of rotatable bonds is 2. The molecule has 3 heteroatoms. The van der Waals surface area contributed by atoms with Gasteiger partial charge in [-0.05, 0) is 19.1 Å². The molecule has 1 heterocycles. The Balaban J connectivity index is 3.02. The molecule has 0 bridgehead atoms. The molecule has 0 saturated carbocycles. The van der Waals surface area contributed by atoms with E-state index in [1.165, 1.54) is 13.1 Å². The van der Waals surface area contributed by atoms with Crippen LogP contribution in [0.5, 0.6) is 0 Å². The van der Waals surface area contributed by atoms with E-state index in [1.54, 1.807) is 24.1 Å². The molecule has 0 saturated heterocycles. The molecule has 3 nitrogen and oxygen atoms in total. The zero-order valence-electron chi connectivity index (χ0n) is 6.57. The number of aromatic nitrogens is 1. The van der Waals surface area contributed by atoms with Gasteiger partial charge in [0.05, 0.1) is 5.57 Å². The summed E-state index contributed by atoms with van der Waals surface area (Å²) in [6, 6.07) is 4.96. The summed E-state index contributed by atoms with van der Waals surface area (Å²) in [5, 5.41) is 0. The third-order valence-corrected chi connectivity index (χ3v) is 1.39. The highest BCUT2D eigenvalue weighted by Crippen LogP contribution is 2.00. The third-order valence-electron chi connectivity index (χ3n) is 1.39. The predicted molar refractivity (Wildman–Crippen MR) is 43.4 cm³/mol. The first kappa shape index (κ1) is 8.37. The number of hydrogen-bond acceptors (Lipinski definition) is 3. The largest absolute Gasteiger partial charge is 0.286 e. The first-order chi connectivity index (χ1) is 5.75. The van der Waals surface area contributed by atoms with Gasteiger partial charge in [0.15, 0.2) is 0 Å². The van der Waals surface area contributed by atoms with E-state index in [4.69, 9.17) is 0 Å². The summed E-state index contributed by atoms with van der Waals surface area (Å²) in [6.07, 6.45) is 1.51. The average molecular weight is 161 g/mol. The van der Waals surface area contributed by atoms with Crippen LogP contribution < -0.4 is 0 Å². The maximum absolute atomic E-state index is 11.2.